The zero-order valence-electron chi connectivity index (χ0n) is 10.7. The van der Waals surface area contributed by atoms with Crippen molar-refractivity contribution in [3.8, 4) is 11.8 Å². The number of nitrogens with zero attached hydrogens (tertiary/aromatic N) is 1. The van der Waals surface area contributed by atoms with Crippen molar-refractivity contribution in [2.24, 2.45) is 0 Å². The first-order valence-corrected chi connectivity index (χ1v) is 5.89. The van der Waals surface area contributed by atoms with Gasteiger partial charge in [-0.2, -0.15) is 5.26 Å². The summed E-state index contributed by atoms with van der Waals surface area (Å²) in [6.45, 7) is 0. The monoisotopic (exact) mass is 282 g/mol. The maximum Gasteiger partial charge on any atom is 0.337 e. The van der Waals surface area contributed by atoms with Gasteiger partial charge in [0.05, 0.1) is 22.9 Å². The van der Waals surface area contributed by atoms with Crippen molar-refractivity contribution in [2.75, 3.05) is 5.32 Å². The van der Waals surface area contributed by atoms with E-state index in [-0.39, 0.29) is 22.6 Å². The minimum atomic E-state index is -1.27. The lowest BCUT2D eigenvalue weighted by Gasteiger charge is -2.09. The van der Waals surface area contributed by atoms with Gasteiger partial charge < -0.3 is 15.5 Å². The maximum absolute atomic E-state index is 12.1. The molecular weight excluding hydrogens is 272 g/mol. The molecule has 0 heterocycles. The number of benzene rings is 2. The number of carboxylic acid groups (broad SMARTS) is 1. The van der Waals surface area contributed by atoms with E-state index in [2.05, 4.69) is 5.32 Å². The molecule has 2 aromatic rings. The number of nitriles is 1. The summed E-state index contributed by atoms with van der Waals surface area (Å²) in [5.74, 6) is -2.02. The highest BCUT2D eigenvalue weighted by atomic mass is 16.4. The number of rotatable bonds is 3. The number of hydrogen-bond acceptors (Lipinski definition) is 4. The molecule has 0 bridgehead atoms. The molecule has 0 aliphatic carbocycles. The van der Waals surface area contributed by atoms with E-state index < -0.39 is 11.9 Å². The summed E-state index contributed by atoms with van der Waals surface area (Å²) < 4.78 is 0. The van der Waals surface area contributed by atoms with Gasteiger partial charge in [-0.1, -0.05) is 6.07 Å². The summed E-state index contributed by atoms with van der Waals surface area (Å²) in [6, 6.07) is 11.6. The van der Waals surface area contributed by atoms with Gasteiger partial charge in [0.1, 0.15) is 5.75 Å². The Morgan fingerprint density at radius 2 is 1.90 bits per heavy atom. The number of anilines is 1. The molecule has 6 heteroatoms. The molecule has 0 fully saturated rings. The second-order valence-corrected chi connectivity index (χ2v) is 4.18. The molecule has 6 nitrogen and oxygen atoms in total. The molecule has 0 radical (unpaired) electrons. The van der Waals surface area contributed by atoms with Crippen molar-refractivity contribution in [1.82, 2.24) is 0 Å². The largest absolute Gasteiger partial charge is 0.508 e. The van der Waals surface area contributed by atoms with Crippen LogP contribution in [-0.2, 0) is 0 Å². The van der Waals surface area contributed by atoms with Crippen molar-refractivity contribution in [2.45, 2.75) is 0 Å². The Bertz CT molecular complexity index is 763. The van der Waals surface area contributed by atoms with Crippen LogP contribution in [0.2, 0.25) is 0 Å². The van der Waals surface area contributed by atoms with E-state index >= 15 is 0 Å². The third kappa shape index (κ3) is 3.16. The summed E-state index contributed by atoms with van der Waals surface area (Å²) in [5, 5.41) is 29.6. The van der Waals surface area contributed by atoms with Crippen molar-refractivity contribution in [3.63, 3.8) is 0 Å². The van der Waals surface area contributed by atoms with Gasteiger partial charge in [0.15, 0.2) is 0 Å². The number of phenols is 1. The number of carboxylic acids is 1. The Hall–Kier alpha value is -3.33. The molecule has 3 N–H and O–H groups in total. The van der Waals surface area contributed by atoms with Crippen LogP contribution in [-0.4, -0.2) is 22.1 Å². The van der Waals surface area contributed by atoms with Gasteiger partial charge in [0.2, 0.25) is 0 Å². The summed E-state index contributed by atoms with van der Waals surface area (Å²) >= 11 is 0. The van der Waals surface area contributed by atoms with Crippen LogP contribution in [0.5, 0.6) is 5.75 Å². The lowest BCUT2D eigenvalue weighted by Crippen LogP contribution is -2.14. The maximum atomic E-state index is 12.1. The number of carbonyl (C=O) groups is 2. The van der Waals surface area contributed by atoms with Crippen LogP contribution in [0.1, 0.15) is 26.3 Å². The number of carbonyl (C=O) groups excluding carboxylic acids is 1. The highest BCUT2D eigenvalue weighted by Gasteiger charge is 2.14. The number of amides is 1. The van der Waals surface area contributed by atoms with Crippen LogP contribution < -0.4 is 5.32 Å². The van der Waals surface area contributed by atoms with E-state index in [1.807, 2.05) is 6.07 Å². The molecule has 2 aromatic carbocycles. The second kappa shape index (κ2) is 5.75. The van der Waals surface area contributed by atoms with E-state index in [1.165, 1.54) is 24.3 Å². The average Bonchev–Trinajstić information content (AvgIpc) is 2.48. The SMILES string of the molecule is N#Cc1cccc(C(=O)Nc2ccc(O)cc2C(=O)O)c1. The van der Waals surface area contributed by atoms with Crippen molar-refractivity contribution in [1.29, 1.82) is 5.26 Å². The molecular formula is C15H10N2O4. The van der Waals surface area contributed by atoms with Crippen molar-refractivity contribution < 1.29 is 19.8 Å². The Labute approximate surface area is 119 Å². The normalized spacial score (nSPS) is 9.67. The Morgan fingerprint density at radius 3 is 2.57 bits per heavy atom. The average molecular weight is 282 g/mol. The summed E-state index contributed by atoms with van der Waals surface area (Å²) in [7, 11) is 0. The highest BCUT2D eigenvalue weighted by Crippen LogP contribution is 2.22. The Kier molecular flexibility index (Phi) is 3.86. The lowest BCUT2D eigenvalue weighted by atomic mass is 10.1. The van der Waals surface area contributed by atoms with Gasteiger partial charge in [0.25, 0.3) is 5.91 Å². The number of aromatic hydroxyl groups is 1. The molecule has 1 amide bonds. The topological polar surface area (TPSA) is 110 Å². The van der Waals surface area contributed by atoms with Crippen LogP contribution in [0.4, 0.5) is 5.69 Å². The Balaban J connectivity index is 2.32. The quantitative estimate of drug-likeness (QED) is 0.747. The van der Waals surface area contributed by atoms with Gasteiger partial charge in [-0.25, -0.2) is 4.79 Å². The van der Waals surface area contributed by atoms with Crippen LogP contribution in [0, 0.1) is 11.3 Å². The van der Waals surface area contributed by atoms with Crippen molar-refractivity contribution >= 4 is 17.6 Å². The third-order valence-electron chi connectivity index (χ3n) is 2.74. The standard InChI is InChI=1S/C15H10N2O4/c16-8-9-2-1-3-10(6-9)14(19)17-13-5-4-11(18)7-12(13)15(20)21/h1-7,18H,(H,17,19)(H,20,21). The molecule has 21 heavy (non-hydrogen) atoms. The first-order chi connectivity index (χ1) is 10.0. The fourth-order valence-corrected chi connectivity index (χ4v) is 1.74. The molecule has 0 saturated carbocycles. The zero-order valence-corrected chi connectivity index (χ0v) is 10.7. The first kappa shape index (κ1) is 14.1. The Morgan fingerprint density at radius 1 is 1.14 bits per heavy atom. The minimum Gasteiger partial charge on any atom is -0.508 e. The first-order valence-electron chi connectivity index (χ1n) is 5.89. The summed E-state index contributed by atoms with van der Waals surface area (Å²) in [5.41, 5.74) is 0.401. The number of aromatic carboxylic acids is 1. The van der Waals surface area contributed by atoms with Crippen LogP contribution in [0.25, 0.3) is 0 Å². The van der Waals surface area contributed by atoms with Gasteiger partial charge in [-0.3, -0.25) is 4.79 Å². The van der Waals surface area contributed by atoms with Crippen molar-refractivity contribution in [3.05, 3.63) is 59.2 Å². The lowest BCUT2D eigenvalue weighted by molar-refractivity contribution is 0.0697. The van der Waals surface area contributed by atoms with Crippen LogP contribution in [0.15, 0.2) is 42.5 Å². The van der Waals surface area contributed by atoms with E-state index in [1.54, 1.807) is 12.1 Å². The number of hydrogen-bond donors (Lipinski definition) is 3. The molecule has 0 unspecified atom stereocenters. The van der Waals surface area contributed by atoms with Gasteiger partial charge in [-0.15, -0.1) is 0 Å². The smallest absolute Gasteiger partial charge is 0.337 e. The molecule has 0 saturated heterocycles. The van der Waals surface area contributed by atoms with Gasteiger partial charge >= 0.3 is 5.97 Å². The third-order valence-corrected chi connectivity index (χ3v) is 2.74. The second-order valence-electron chi connectivity index (χ2n) is 4.18. The van der Waals surface area contributed by atoms with E-state index in [0.717, 1.165) is 6.07 Å². The molecule has 0 aliphatic heterocycles. The highest BCUT2D eigenvalue weighted by molar-refractivity contribution is 6.08. The summed E-state index contributed by atoms with van der Waals surface area (Å²) in [6.07, 6.45) is 0. The summed E-state index contributed by atoms with van der Waals surface area (Å²) in [4.78, 5) is 23.2. The fraction of sp³-hybridized carbons (Fsp3) is 0. The van der Waals surface area contributed by atoms with E-state index in [0.29, 0.717) is 5.56 Å². The van der Waals surface area contributed by atoms with Gasteiger partial charge in [-0.05, 0) is 36.4 Å². The molecule has 0 spiro atoms. The molecule has 104 valence electrons. The van der Waals surface area contributed by atoms with Crippen LogP contribution >= 0.6 is 0 Å². The van der Waals surface area contributed by atoms with Gasteiger partial charge in [0, 0.05) is 5.56 Å². The number of phenolic OH excluding ortho intramolecular Hbond substituents is 1. The number of nitrogens with one attached hydrogen (secondary N) is 1. The van der Waals surface area contributed by atoms with E-state index in [9.17, 15) is 14.7 Å². The van der Waals surface area contributed by atoms with Crippen LogP contribution in [0.3, 0.4) is 0 Å². The molecule has 0 atom stereocenters. The molecule has 2 rings (SSSR count). The predicted octanol–water partition coefficient (Wildman–Crippen LogP) is 2.21. The molecule has 0 aromatic heterocycles. The zero-order chi connectivity index (χ0) is 15.4. The molecule has 0 aliphatic rings. The van der Waals surface area contributed by atoms with E-state index in [4.69, 9.17) is 10.4 Å². The minimum absolute atomic E-state index is 0.0626. The predicted molar refractivity (Wildman–Crippen MR) is 74.2 cm³/mol. The fourth-order valence-electron chi connectivity index (χ4n) is 1.74.